The van der Waals surface area contributed by atoms with Crippen molar-refractivity contribution >= 4 is 11.9 Å². The number of ether oxygens (including phenoxy) is 1. The Balaban J connectivity index is 2.87. The Hall–Kier alpha value is -2.04. The lowest BCUT2D eigenvalue weighted by atomic mass is 9.84. The van der Waals surface area contributed by atoms with Gasteiger partial charge in [0.15, 0.2) is 0 Å². The molecule has 0 saturated heterocycles. The highest BCUT2D eigenvalue weighted by Gasteiger charge is 2.28. The van der Waals surface area contributed by atoms with Crippen LogP contribution in [0.2, 0.25) is 0 Å². The molecule has 5 nitrogen and oxygen atoms in total. The molecule has 1 unspecified atom stereocenters. The summed E-state index contributed by atoms with van der Waals surface area (Å²) in [5.74, 6) is -0.649. The van der Waals surface area contributed by atoms with Crippen LogP contribution in [-0.4, -0.2) is 30.1 Å². The maximum absolute atomic E-state index is 12.2. The van der Waals surface area contributed by atoms with Gasteiger partial charge in [0.05, 0.1) is 13.5 Å². The van der Waals surface area contributed by atoms with Gasteiger partial charge in [-0.3, -0.25) is 9.59 Å². The van der Waals surface area contributed by atoms with Gasteiger partial charge in [0.2, 0.25) is 0 Å². The van der Waals surface area contributed by atoms with Crippen LogP contribution in [0, 0.1) is 5.41 Å². The van der Waals surface area contributed by atoms with Gasteiger partial charge in [-0.15, -0.1) is 0 Å². The molecule has 2 N–H and O–H groups in total. The van der Waals surface area contributed by atoms with Gasteiger partial charge in [-0.1, -0.05) is 26.8 Å². The number of methoxy groups -OCH3 is 1. The van der Waals surface area contributed by atoms with E-state index in [9.17, 15) is 9.59 Å². The maximum Gasteiger partial charge on any atom is 0.305 e. The molecule has 0 heterocycles. The van der Waals surface area contributed by atoms with Crippen molar-refractivity contribution in [1.29, 1.82) is 0 Å². The first-order valence-electron chi connectivity index (χ1n) is 6.40. The van der Waals surface area contributed by atoms with Gasteiger partial charge in [-0.25, -0.2) is 0 Å². The highest BCUT2D eigenvalue weighted by atomic mass is 16.5. The third-order valence-corrected chi connectivity index (χ3v) is 3.06. The zero-order valence-electron chi connectivity index (χ0n) is 12.3. The molecule has 1 aromatic rings. The standard InChI is InChI=1S/C15H21NO4/c1-15(2,3)12(9-13(17)18)16-14(19)10-6-5-7-11(8-10)20-4/h5-8,12H,9H2,1-4H3,(H,16,19)(H,17,18). The first kappa shape index (κ1) is 16.0. The van der Waals surface area contributed by atoms with E-state index in [2.05, 4.69) is 5.32 Å². The van der Waals surface area contributed by atoms with Gasteiger partial charge in [-0.05, 0) is 23.6 Å². The Morgan fingerprint density at radius 2 is 2.00 bits per heavy atom. The molecule has 0 bridgehead atoms. The van der Waals surface area contributed by atoms with Crippen molar-refractivity contribution in [1.82, 2.24) is 5.32 Å². The number of rotatable bonds is 5. The number of amides is 1. The highest BCUT2D eigenvalue weighted by Crippen LogP contribution is 2.22. The number of hydrogen-bond acceptors (Lipinski definition) is 3. The molecular weight excluding hydrogens is 258 g/mol. The summed E-state index contributed by atoms with van der Waals surface area (Å²) in [5.41, 5.74) is 0.108. The largest absolute Gasteiger partial charge is 0.497 e. The summed E-state index contributed by atoms with van der Waals surface area (Å²) in [4.78, 5) is 23.1. The fraction of sp³-hybridized carbons (Fsp3) is 0.467. The predicted octanol–water partition coefficient (Wildman–Crippen LogP) is 2.31. The van der Waals surface area contributed by atoms with Crippen molar-refractivity contribution in [3.05, 3.63) is 29.8 Å². The first-order valence-corrected chi connectivity index (χ1v) is 6.40. The lowest BCUT2D eigenvalue weighted by molar-refractivity contribution is -0.138. The van der Waals surface area contributed by atoms with Crippen molar-refractivity contribution in [3.8, 4) is 5.75 Å². The lowest BCUT2D eigenvalue weighted by Gasteiger charge is -2.30. The van der Waals surface area contributed by atoms with Crippen LogP contribution >= 0.6 is 0 Å². The summed E-state index contributed by atoms with van der Waals surface area (Å²) >= 11 is 0. The summed E-state index contributed by atoms with van der Waals surface area (Å²) in [6.45, 7) is 5.69. The Kier molecular flexibility index (Phi) is 5.13. The van der Waals surface area contributed by atoms with Crippen LogP contribution in [0.25, 0.3) is 0 Å². The molecular formula is C15H21NO4. The van der Waals surface area contributed by atoms with Crippen LogP contribution < -0.4 is 10.1 Å². The molecule has 1 aromatic carbocycles. The number of carbonyl (C=O) groups is 2. The summed E-state index contributed by atoms with van der Waals surface area (Å²) < 4.78 is 5.07. The van der Waals surface area contributed by atoms with E-state index in [1.807, 2.05) is 20.8 Å². The van der Waals surface area contributed by atoms with E-state index in [1.165, 1.54) is 7.11 Å². The molecule has 0 aromatic heterocycles. The van der Waals surface area contributed by atoms with Crippen molar-refractivity contribution in [2.75, 3.05) is 7.11 Å². The maximum atomic E-state index is 12.2. The third-order valence-electron chi connectivity index (χ3n) is 3.06. The smallest absolute Gasteiger partial charge is 0.305 e. The summed E-state index contributed by atoms with van der Waals surface area (Å²) in [6.07, 6.45) is -0.112. The van der Waals surface area contributed by atoms with Crippen LogP contribution in [-0.2, 0) is 4.79 Å². The van der Waals surface area contributed by atoms with Crippen molar-refractivity contribution in [3.63, 3.8) is 0 Å². The van der Waals surface area contributed by atoms with Gasteiger partial charge in [0.25, 0.3) is 5.91 Å². The number of carbonyl (C=O) groups excluding carboxylic acids is 1. The predicted molar refractivity (Wildman–Crippen MR) is 76.0 cm³/mol. The molecule has 110 valence electrons. The van der Waals surface area contributed by atoms with Crippen LogP contribution in [0.15, 0.2) is 24.3 Å². The van der Waals surface area contributed by atoms with E-state index >= 15 is 0 Å². The molecule has 20 heavy (non-hydrogen) atoms. The van der Waals surface area contributed by atoms with E-state index < -0.39 is 12.0 Å². The van der Waals surface area contributed by atoms with Crippen LogP contribution in [0.3, 0.4) is 0 Å². The van der Waals surface area contributed by atoms with Gasteiger partial charge >= 0.3 is 5.97 Å². The third kappa shape index (κ3) is 4.57. The highest BCUT2D eigenvalue weighted by molar-refractivity contribution is 5.95. The van der Waals surface area contributed by atoms with Crippen molar-refractivity contribution in [2.45, 2.75) is 33.2 Å². The SMILES string of the molecule is COc1cccc(C(=O)NC(CC(=O)O)C(C)(C)C)c1. The molecule has 0 aliphatic carbocycles. The van der Waals surface area contributed by atoms with E-state index in [0.717, 1.165) is 0 Å². The van der Waals surface area contributed by atoms with Crippen LogP contribution in [0.1, 0.15) is 37.6 Å². The normalized spacial score (nSPS) is 12.6. The molecule has 0 spiro atoms. The molecule has 0 radical (unpaired) electrons. The van der Waals surface area contributed by atoms with E-state index in [4.69, 9.17) is 9.84 Å². The van der Waals surface area contributed by atoms with E-state index in [-0.39, 0.29) is 17.7 Å². The molecule has 1 atom stereocenters. The Bertz CT molecular complexity index is 491. The number of carboxylic acids is 1. The van der Waals surface area contributed by atoms with E-state index in [1.54, 1.807) is 24.3 Å². The minimum Gasteiger partial charge on any atom is -0.497 e. The fourth-order valence-electron chi connectivity index (χ4n) is 1.75. The lowest BCUT2D eigenvalue weighted by Crippen LogP contribution is -2.45. The number of nitrogens with one attached hydrogen (secondary N) is 1. The summed E-state index contributed by atoms with van der Waals surface area (Å²) in [5, 5.41) is 11.7. The van der Waals surface area contributed by atoms with Gasteiger partial charge in [0, 0.05) is 11.6 Å². The van der Waals surface area contributed by atoms with Crippen molar-refractivity contribution < 1.29 is 19.4 Å². The molecule has 1 rings (SSSR count). The van der Waals surface area contributed by atoms with Gasteiger partial charge in [-0.2, -0.15) is 0 Å². The monoisotopic (exact) mass is 279 g/mol. The molecule has 0 fully saturated rings. The molecule has 5 heteroatoms. The topological polar surface area (TPSA) is 75.6 Å². The number of aliphatic carboxylic acids is 1. The molecule has 1 amide bonds. The molecule has 0 saturated carbocycles. The van der Waals surface area contributed by atoms with Crippen LogP contribution in [0.4, 0.5) is 0 Å². The summed E-state index contributed by atoms with van der Waals surface area (Å²) in [6, 6.07) is 6.30. The fourth-order valence-corrected chi connectivity index (χ4v) is 1.75. The zero-order valence-corrected chi connectivity index (χ0v) is 12.3. The second-order valence-electron chi connectivity index (χ2n) is 5.72. The molecule has 0 aliphatic heterocycles. The minimum atomic E-state index is -0.934. The minimum absolute atomic E-state index is 0.112. The molecule has 0 aliphatic rings. The number of hydrogen-bond donors (Lipinski definition) is 2. The second-order valence-corrected chi connectivity index (χ2v) is 5.72. The summed E-state index contributed by atoms with van der Waals surface area (Å²) in [7, 11) is 1.53. The second kappa shape index (κ2) is 6.41. The Morgan fingerprint density at radius 3 is 2.50 bits per heavy atom. The van der Waals surface area contributed by atoms with Gasteiger partial charge in [0.1, 0.15) is 5.75 Å². The number of carboxylic acid groups (broad SMARTS) is 1. The van der Waals surface area contributed by atoms with Crippen molar-refractivity contribution in [2.24, 2.45) is 5.41 Å². The Morgan fingerprint density at radius 1 is 1.35 bits per heavy atom. The number of benzene rings is 1. The average Bonchev–Trinajstić information content (AvgIpc) is 2.36. The van der Waals surface area contributed by atoms with Gasteiger partial charge < -0.3 is 15.2 Å². The Labute approximate surface area is 118 Å². The quantitative estimate of drug-likeness (QED) is 0.867. The average molecular weight is 279 g/mol. The van der Waals surface area contributed by atoms with E-state index in [0.29, 0.717) is 11.3 Å². The van der Waals surface area contributed by atoms with Crippen LogP contribution in [0.5, 0.6) is 5.75 Å². The zero-order chi connectivity index (χ0) is 15.3. The first-order chi connectivity index (χ1) is 9.24.